The Morgan fingerprint density at radius 1 is 1.43 bits per heavy atom. The van der Waals surface area contributed by atoms with E-state index in [0.29, 0.717) is 0 Å². The first kappa shape index (κ1) is 13.4. The van der Waals surface area contributed by atoms with E-state index in [-0.39, 0.29) is 25.2 Å². The Hall–Kier alpha value is -0.650. The molecule has 0 aromatic rings. The highest BCUT2D eigenvalue weighted by Crippen LogP contribution is 2.13. The van der Waals surface area contributed by atoms with Gasteiger partial charge in [0, 0.05) is 12.1 Å². The van der Waals surface area contributed by atoms with Crippen LogP contribution in [0.2, 0.25) is 0 Å². The predicted octanol–water partition coefficient (Wildman–Crippen LogP) is -0.475. The zero-order valence-electron chi connectivity index (χ0n) is 8.90. The molecule has 0 heterocycles. The van der Waals surface area contributed by atoms with Crippen LogP contribution in [0.15, 0.2) is 0 Å². The van der Waals surface area contributed by atoms with Crippen molar-refractivity contribution in [2.45, 2.75) is 32.4 Å². The number of carboxylic acids is 1. The van der Waals surface area contributed by atoms with Gasteiger partial charge in [0.2, 0.25) is 0 Å². The molecule has 5 nitrogen and oxygen atoms in total. The number of hydrogen-bond acceptors (Lipinski definition) is 4. The zero-order chi connectivity index (χ0) is 11.4. The molecule has 5 heteroatoms. The predicted molar refractivity (Wildman–Crippen MR) is 52.1 cm³/mol. The van der Waals surface area contributed by atoms with Gasteiger partial charge in [-0.15, -0.1) is 0 Å². The van der Waals surface area contributed by atoms with E-state index in [1.807, 2.05) is 20.8 Å². The van der Waals surface area contributed by atoms with Crippen molar-refractivity contribution >= 4 is 5.97 Å². The fraction of sp³-hybridized carbons (Fsp3) is 0.889. The largest absolute Gasteiger partial charge is 0.480 e. The van der Waals surface area contributed by atoms with Crippen LogP contribution in [0.1, 0.15) is 20.8 Å². The highest BCUT2D eigenvalue weighted by atomic mass is 16.4. The lowest BCUT2D eigenvalue weighted by atomic mass is 10.1. The fourth-order valence-corrected chi connectivity index (χ4v) is 1.05. The second-order valence-electron chi connectivity index (χ2n) is 4.28. The molecule has 0 aromatic heterocycles. The number of β-amino-alcohol motifs (C(OH)–C–C–N with tert-alkyl or cyclic N) is 1. The maximum absolute atomic E-state index is 10.5. The Labute approximate surface area is 84.0 Å². The standard InChI is InChI=1S/C9H19NO4/c1-9(2,3)10(5-8(13)14)4-7(12)6-11/h7,11-12H,4-6H2,1-3H3,(H,13,14). The SMILES string of the molecule is CC(C)(C)N(CC(=O)O)CC(O)CO. The molecule has 0 aromatic carbocycles. The number of hydrogen-bond donors (Lipinski definition) is 3. The van der Waals surface area contributed by atoms with Gasteiger partial charge in [-0.2, -0.15) is 0 Å². The summed E-state index contributed by atoms with van der Waals surface area (Å²) in [5, 5.41) is 26.5. The van der Waals surface area contributed by atoms with E-state index in [0.717, 1.165) is 0 Å². The third-order valence-corrected chi connectivity index (χ3v) is 1.92. The lowest BCUT2D eigenvalue weighted by molar-refractivity contribution is -0.140. The summed E-state index contributed by atoms with van der Waals surface area (Å²) < 4.78 is 0. The van der Waals surface area contributed by atoms with E-state index in [2.05, 4.69) is 0 Å². The van der Waals surface area contributed by atoms with Crippen LogP contribution in [0.5, 0.6) is 0 Å². The Morgan fingerprint density at radius 2 is 1.93 bits per heavy atom. The van der Waals surface area contributed by atoms with E-state index in [9.17, 15) is 9.90 Å². The molecule has 84 valence electrons. The molecule has 0 saturated carbocycles. The highest BCUT2D eigenvalue weighted by Gasteiger charge is 2.25. The van der Waals surface area contributed by atoms with Crippen molar-refractivity contribution in [1.29, 1.82) is 0 Å². The van der Waals surface area contributed by atoms with Crippen LogP contribution >= 0.6 is 0 Å². The van der Waals surface area contributed by atoms with Crippen LogP contribution in [0.4, 0.5) is 0 Å². The average molecular weight is 205 g/mol. The number of nitrogens with zero attached hydrogens (tertiary/aromatic N) is 1. The number of aliphatic hydroxyl groups excluding tert-OH is 2. The molecule has 0 fully saturated rings. The topological polar surface area (TPSA) is 81.0 Å². The van der Waals surface area contributed by atoms with Gasteiger partial charge in [0.25, 0.3) is 0 Å². The first-order valence-electron chi connectivity index (χ1n) is 4.53. The van der Waals surface area contributed by atoms with E-state index in [1.165, 1.54) is 0 Å². The summed E-state index contributed by atoms with van der Waals surface area (Å²) in [5.74, 6) is -0.940. The Morgan fingerprint density at radius 3 is 2.21 bits per heavy atom. The molecule has 0 amide bonds. The molecule has 0 saturated heterocycles. The Bertz CT molecular complexity index is 188. The van der Waals surface area contributed by atoms with Gasteiger partial charge in [-0.05, 0) is 20.8 Å². The molecule has 0 aliphatic heterocycles. The minimum atomic E-state index is -0.940. The maximum atomic E-state index is 10.5. The van der Waals surface area contributed by atoms with Crippen molar-refractivity contribution < 1.29 is 20.1 Å². The lowest BCUT2D eigenvalue weighted by Crippen LogP contribution is -2.48. The minimum absolute atomic E-state index is 0.138. The van der Waals surface area contributed by atoms with E-state index < -0.39 is 12.1 Å². The summed E-state index contributed by atoms with van der Waals surface area (Å²) in [6.07, 6.45) is -0.895. The number of rotatable bonds is 5. The van der Waals surface area contributed by atoms with Crippen LogP contribution in [0.25, 0.3) is 0 Å². The van der Waals surface area contributed by atoms with Gasteiger partial charge in [0.1, 0.15) is 0 Å². The average Bonchev–Trinajstić information content (AvgIpc) is 2.00. The third-order valence-electron chi connectivity index (χ3n) is 1.92. The fourth-order valence-electron chi connectivity index (χ4n) is 1.05. The Balaban J connectivity index is 4.33. The van der Waals surface area contributed by atoms with Crippen molar-refractivity contribution in [2.75, 3.05) is 19.7 Å². The van der Waals surface area contributed by atoms with Crippen molar-refractivity contribution in [2.24, 2.45) is 0 Å². The van der Waals surface area contributed by atoms with Crippen LogP contribution in [-0.2, 0) is 4.79 Å². The van der Waals surface area contributed by atoms with Gasteiger partial charge < -0.3 is 15.3 Å². The smallest absolute Gasteiger partial charge is 0.317 e. The quantitative estimate of drug-likeness (QED) is 0.565. The minimum Gasteiger partial charge on any atom is -0.480 e. The number of carbonyl (C=O) groups is 1. The maximum Gasteiger partial charge on any atom is 0.317 e. The molecule has 14 heavy (non-hydrogen) atoms. The molecule has 0 aliphatic carbocycles. The summed E-state index contributed by atoms with van der Waals surface area (Å²) in [7, 11) is 0. The molecule has 0 rings (SSSR count). The van der Waals surface area contributed by atoms with E-state index in [1.54, 1.807) is 4.90 Å². The van der Waals surface area contributed by atoms with E-state index >= 15 is 0 Å². The highest BCUT2D eigenvalue weighted by molar-refractivity contribution is 5.69. The second-order valence-corrected chi connectivity index (χ2v) is 4.28. The van der Waals surface area contributed by atoms with Crippen LogP contribution in [0.3, 0.4) is 0 Å². The van der Waals surface area contributed by atoms with Gasteiger partial charge in [-0.3, -0.25) is 9.69 Å². The summed E-state index contributed by atoms with van der Waals surface area (Å²) in [4.78, 5) is 12.1. The Kier molecular flexibility index (Phi) is 5.04. The molecule has 3 N–H and O–H groups in total. The van der Waals surface area contributed by atoms with Gasteiger partial charge >= 0.3 is 5.97 Å². The van der Waals surface area contributed by atoms with Crippen molar-refractivity contribution in [3.05, 3.63) is 0 Å². The van der Waals surface area contributed by atoms with Gasteiger partial charge in [0.05, 0.1) is 19.3 Å². The van der Waals surface area contributed by atoms with Crippen LogP contribution in [-0.4, -0.2) is 57.5 Å². The van der Waals surface area contributed by atoms with Crippen LogP contribution in [0, 0.1) is 0 Å². The van der Waals surface area contributed by atoms with Gasteiger partial charge in [-0.1, -0.05) is 0 Å². The number of aliphatic hydroxyl groups is 2. The van der Waals surface area contributed by atoms with E-state index in [4.69, 9.17) is 10.2 Å². The number of carboxylic acid groups (broad SMARTS) is 1. The normalized spacial score (nSPS) is 14.4. The number of aliphatic carboxylic acids is 1. The summed E-state index contributed by atoms with van der Waals surface area (Å²) >= 11 is 0. The lowest BCUT2D eigenvalue weighted by Gasteiger charge is -2.35. The summed E-state index contributed by atoms with van der Waals surface area (Å²) in [6, 6.07) is 0. The molecule has 0 spiro atoms. The molecular formula is C9H19NO4. The molecule has 0 bridgehead atoms. The molecule has 1 unspecified atom stereocenters. The van der Waals surface area contributed by atoms with Crippen LogP contribution < -0.4 is 0 Å². The van der Waals surface area contributed by atoms with Crippen molar-refractivity contribution in [1.82, 2.24) is 4.90 Å². The summed E-state index contributed by atoms with van der Waals surface area (Å²) in [6.45, 7) is 5.25. The first-order chi connectivity index (χ1) is 6.27. The first-order valence-corrected chi connectivity index (χ1v) is 4.53. The zero-order valence-corrected chi connectivity index (χ0v) is 8.90. The summed E-state index contributed by atoms with van der Waals surface area (Å²) in [5.41, 5.74) is -0.339. The molecular weight excluding hydrogens is 186 g/mol. The van der Waals surface area contributed by atoms with Crippen molar-refractivity contribution in [3.63, 3.8) is 0 Å². The second kappa shape index (κ2) is 5.29. The molecule has 1 atom stereocenters. The van der Waals surface area contributed by atoms with Gasteiger partial charge in [-0.25, -0.2) is 0 Å². The molecule has 0 aliphatic rings. The third kappa shape index (κ3) is 5.16. The van der Waals surface area contributed by atoms with Crippen molar-refractivity contribution in [3.8, 4) is 0 Å². The van der Waals surface area contributed by atoms with Gasteiger partial charge in [0.15, 0.2) is 0 Å². The monoisotopic (exact) mass is 205 g/mol. The molecule has 0 radical (unpaired) electrons.